The Balaban J connectivity index is 2.70. The van der Waals surface area contributed by atoms with E-state index >= 15 is 0 Å². The van der Waals surface area contributed by atoms with E-state index in [2.05, 4.69) is 20.9 Å². The van der Waals surface area contributed by atoms with E-state index in [1.165, 1.54) is 0 Å². The molecule has 0 fully saturated rings. The van der Waals surface area contributed by atoms with Gasteiger partial charge in [-0.2, -0.15) is 0 Å². The third-order valence-electron chi connectivity index (χ3n) is 2.65. The molecule has 0 unspecified atom stereocenters. The fraction of sp³-hybridized carbons (Fsp3) is 0.500. The van der Waals surface area contributed by atoms with Crippen molar-refractivity contribution in [2.45, 2.75) is 13.8 Å². The maximum atomic E-state index is 12.0. The molecule has 1 aromatic heterocycles. The average Bonchev–Trinajstić information content (AvgIpc) is 2.31. The molecule has 0 aliphatic heterocycles. The predicted octanol–water partition coefficient (Wildman–Crippen LogP) is 2.15. The van der Waals surface area contributed by atoms with Crippen molar-refractivity contribution in [2.24, 2.45) is 0 Å². The number of amides is 1. The summed E-state index contributed by atoms with van der Waals surface area (Å²) in [5.74, 6) is 0.140. The normalized spacial score (nSPS) is 10.1. The number of rotatable bonds is 5. The van der Waals surface area contributed by atoms with Crippen molar-refractivity contribution in [2.75, 3.05) is 31.6 Å². The highest BCUT2D eigenvalue weighted by molar-refractivity contribution is 9.10. The third-order valence-corrected chi connectivity index (χ3v) is 3.26. The van der Waals surface area contributed by atoms with Crippen molar-refractivity contribution in [3.63, 3.8) is 0 Å². The lowest BCUT2D eigenvalue weighted by Gasteiger charge is -2.24. The monoisotopic (exact) mass is 299 g/mol. The zero-order chi connectivity index (χ0) is 12.8. The second kappa shape index (κ2) is 6.59. The number of anilines is 1. The topological polar surface area (TPSA) is 36.4 Å². The molecule has 1 heterocycles. The number of aromatic nitrogens is 1. The van der Waals surface area contributed by atoms with Crippen LogP contribution in [0.5, 0.6) is 0 Å². The maximum Gasteiger partial charge on any atom is 0.242 e. The first kappa shape index (κ1) is 14.0. The zero-order valence-corrected chi connectivity index (χ0v) is 12.1. The maximum absolute atomic E-state index is 12.0. The van der Waals surface area contributed by atoms with E-state index in [9.17, 15) is 4.79 Å². The summed E-state index contributed by atoms with van der Waals surface area (Å²) < 4.78 is 0.898. The van der Waals surface area contributed by atoms with Gasteiger partial charge >= 0.3 is 0 Å². The van der Waals surface area contributed by atoms with Crippen LogP contribution in [-0.4, -0.2) is 42.5 Å². The van der Waals surface area contributed by atoms with Crippen molar-refractivity contribution < 1.29 is 4.79 Å². The fourth-order valence-corrected chi connectivity index (χ4v) is 2.19. The van der Waals surface area contributed by atoms with E-state index in [1.54, 1.807) is 12.4 Å². The molecular formula is C12H18BrN3O. The van der Waals surface area contributed by atoms with Crippen molar-refractivity contribution in [1.82, 2.24) is 9.88 Å². The minimum absolute atomic E-state index is 0.140. The fourth-order valence-electron chi connectivity index (χ4n) is 1.64. The van der Waals surface area contributed by atoms with Gasteiger partial charge < -0.3 is 9.80 Å². The number of nitrogens with zero attached hydrogens (tertiary/aromatic N) is 3. The van der Waals surface area contributed by atoms with Crippen molar-refractivity contribution >= 4 is 27.5 Å². The summed E-state index contributed by atoms with van der Waals surface area (Å²) in [6.45, 7) is 5.86. The molecule has 1 rings (SSSR count). The van der Waals surface area contributed by atoms with Crippen molar-refractivity contribution in [3.05, 3.63) is 22.9 Å². The molecule has 0 saturated heterocycles. The number of carbonyl (C=O) groups excluding carboxylic acids is 1. The van der Waals surface area contributed by atoms with Gasteiger partial charge in [0.05, 0.1) is 16.7 Å². The molecule has 94 valence electrons. The molecule has 17 heavy (non-hydrogen) atoms. The smallest absolute Gasteiger partial charge is 0.242 e. The Hall–Kier alpha value is -1.10. The SMILES string of the molecule is CCN(CC)C(=O)CN(C)c1ccncc1Br. The number of hydrogen-bond acceptors (Lipinski definition) is 3. The van der Waals surface area contributed by atoms with Crippen LogP contribution in [0.3, 0.4) is 0 Å². The molecule has 1 aromatic rings. The number of pyridine rings is 1. The molecule has 0 saturated carbocycles. The van der Waals surface area contributed by atoms with Crippen LogP contribution in [0, 0.1) is 0 Å². The number of likely N-dealkylation sites (N-methyl/N-ethyl adjacent to an activating group) is 2. The molecular weight excluding hydrogens is 282 g/mol. The molecule has 0 radical (unpaired) electrons. The van der Waals surface area contributed by atoms with Gasteiger partial charge in [0.15, 0.2) is 0 Å². The number of halogens is 1. The standard InChI is InChI=1S/C12H18BrN3O/c1-4-16(5-2)12(17)9-15(3)11-6-7-14-8-10(11)13/h6-8H,4-5,9H2,1-3H3. The van der Waals surface area contributed by atoms with Crippen LogP contribution >= 0.6 is 15.9 Å². The van der Waals surface area contributed by atoms with Crippen LogP contribution in [0.1, 0.15) is 13.8 Å². The molecule has 0 spiro atoms. The number of hydrogen-bond donors (Lipinski definition) is 0. The highest BCUT2D eigenvalue weighted by Crippen LogP contribution is 2.23. The van der Waals surface area contributed by atoms with Crippen molar-refractivity contribution in [1.29, 1.82) is 0 Å². The lowest BCUT2D eigenvalue weighted by atomic mass is 10.3. The Morgan fingerprint density at radius 3 is 2.59 bits per heavy atom. The summed E-state index contributed by atoms with van der Waals surface area (Å²) in [5.41, 5.74) is 0.973. The minimum Gasteiger partial charge on any atom is -0.364 e. The van der Waals surface area contributed by atoms with Crippen LogP contribution in [-0.2, 0) is 4.79 Å². The highest BCUT2D eigenvalue weighted by Gasteiger charge is 2.14. The van der Waals surface area contributed by atoms with Gasteiger partial charge in [-0.3, -0.25) is 9.78 Å². The second-order valence-corrected chi connectivity index (χ2v) is 4.60. The molecule has 1 amide bonds. The first-order valence-corrected chi connectivity index (χ1v) is 6.47. The molecule has 0 aromatic carbocycles. The van der Waals surface area contributed by atoms with Gasteiger partial charge in [-0.25, -0.2) is 0 Å². The molecule has 0 atom stereocenters. The zero-order valence-electron chi connectivity index (χ0n) is 10.5. The van der Waals surface area contributed by atoms with E-state index in [-0.39, 0.29) is 5.91 Å². The van der Waals surface area contributed by atoms with Gasteiger partial charge in [0.2, 0.25) is 5.91 Å². The molecule has 0 aliphatic rings. The Bertz CT molecular complexity index is 380. The molecule has 0 N–H and O–H groups in total. The molecule has 0 aliphatic carbocycles. The Morgan fingerprint density at radius 1 is 1.41 bits per heavy atom. The average molecular weight is 300 g/mol. The van der Waals surface area contributed by atoms with Crippen LogP contribution < -0.4 is 4.90 Å². The number of carbonyl (C=O) groups is 1. The van der Waals surface area contributed by atoms with Crippen LogP contribution in [0.2, 0.25) is 0 Å². The van der Waals surface area contributed by atoms with Gasteiger partial charge in [0.25, 0.3) is 0 Å². The van der Waals surface area contributed by atoms with Crippen LogP contribution in [0.25, 0.3) is 0 Å². The van der Waals surface area contributed by atoms with E-state index in [0.29, 0.717) is 6.54 Å². The lowest BCUT2D eigenvalue weighted by molar-refractivity contribution is -0.129. The summed E-state index contributed by atoms with van der Waals surface area (Å²) in [6, 6.07) is 1.89. The summed E-state index contributed by atoms with van der Waals surface area (Å²) in [6.07, 6.45) is 3.45. The summed E-state index contributed by atoms with van der Waals surface area (Å²) in [7, 11) is 1.90. The van der Waals surface area contributed by atoms with Gasteiger partial charge in [0, 0.05) is 32.5 Å². The largest absolute Gasteiger partial charge is 0.364 e. The van der Waals surface area contributed by atoms with E-state index < -0.39 is 0 Å². The summed E-state index contributed by atoms with van der Waals surface area (Å²) >= 11 is 3.43. The van der Waals surface area contributed by atoms with Gasteiger partial charge in [-0.15, -0.1) is 0 Å². The van der Waals surface area contributed by atoms with E-state index in [1.807, 2.05) is 36.8 Å². The Labute approximate surface area is 111 Å². The lowest BCUT2D eigenvalue weighted by Crippen LogP contribution is -2.38. The molecule has 5 heteroatoms. The van der Waals surface area contributed by atoms with E-state index in [4.69, 9.17) is 0 Å². The van der Waals surface area contributed by atoms with Crippen LogP contribution in [0.4, 0.5) is 5.69 Å². The minimum atomic E-state index is 0.140. The van der Waals surface area contributed by atoms with E-state index in [0.717, 1.165) is 23.2 Å². The predicted molar refractivity (Wildman–Crippen MR) is 73.1 cm³/mol. The molecule has 4 nitrogen and oxygen atoms in total. The first-order chi connectivity index (χ1) is 8.10. The quantitative estimate of drug-likeness (QED) is 0.836. The second-order valence-electron chi connectivity index (χ2n) is 3.75. The Kier molecular flexibility index (Phi) is 5.41. The third kappa shape index (κ3) is 3.70. The molecule has 0 bridgehead atoms. The summed E-state index contributed by atoms with van der Waals surface area (Å²) in [4.78, 5) is 19.7. The first-order valence-electron chi connectivity index (χ1n) is 5.68. The van der Waals surface area contributed by atoms with Crippen molar-refractivity contribution in [3.8, 4) is 0 Å². The van der Waals surface area contributed by atoms with Gasteiger partial charge in [0.1, 0.15) is 0 Å². The highest BCUT2D eigenvalue weighted by atomic mass is 79.9. The van der Waals surface area contributed by atoms with Gasteiger partial charge in [-0.05, 0) is 35.8 Å². The van der Waals surface area contributed by atoms with Gasteiger partial charge in [-0.1, -0.05) is 0 Å². The summed E-state index contributed by atoms with van der Waals surface area (Å²) in [5, 5.41) is 0. The Morgan fingerprint density at radius 2 is 2.06 bits per heavy atom. The van der Waals surface area contributed by atoms with Crippen LogP contribution in [0.15, 0.2) is 22.9 Å².